The minimum Gasteiger partial charge on any atom is -0.366 e. The van der Waals surface area contributed by atoms with Gasteiger partial charge in [0.25, 0.3) is 0 Å². The summed E-state index contributed by atoms with van der Waals surface area (Å²) in [5.41, 5.74) is 2.61. The zero-order chi connectivity index (χ0) is 17.1. The number of nitrogens with one attached hydrogen (secondary N) is 2. The molecule has 0 radical (unpaired) electrons. The molecule has 3 saturated heterocycles. The van der Waals surface area contributed by atoms with Crippen LogP contribution in [0.25, 0.3) is 0 Å². The predicted molar refractivity (Wildman–Crippen MR) is 89.4 cm³/mol. The molecule has 4 aliphatic heterocycles. The monoisotopic (exact) mass is 344 g/mol. The van der Waals surface area contributed by atoms with Crippen LogP contribution in [0.4, 0.5) is 10.1 Å². The van der Waals surface area contributed by atoms with Crippen molar-refractivity contribution in [1.82, 2.24) is 15.5 Å². The summed E-state index contributed by atoms with van der Waals surface area (Å²) >= 11 is 0. The third-order valence-corrected chi connectivity index (χ3v) is 6.05. The lowest BCUT2D eigenvalue weighted by atomic mass is 10.0. The van der Waals surface area contributed by atoms with E-state index < -0.39 is 0 Å². The molecule has 4 aliphatic rings. The number of nitrogens with zero attached hydrogens (tertiary/aromatic N) is 2. The molecule has 0 aliphatic carbocycles. The number of hydrogen-bond acceptors (Lipinski definition) is 5. The van der Waals surface area contributed by atoms with E-state index in [-0.39, 0.29) is 23.7 Å². The maximum absolute atomic E-state index is 14.7. The average Bonchev–Trinajstić information content (AvgIpc) is 3.29. The third-order valence-electron chi connectivity index (χ3n) is 6.05. The molecule has 3 fully saturated rings. The normalized spacial score (nSPS) is 31.6. The number of hydrogen-bond donors (Lipinski definition) is 2. The second-order valence-corrected chi connectivity index (χ2v) is 7.58. The number of anilines is 1. The van der Waals surface area contributed by atoms with Crippen molar-refractivity contribution < 1.29 is 14.0 Å². The van der Waals surface area contributed by atoms with Gasteiger partial charge < -0.3 is 10.2 Å². The average molecular weight is 344 g/mol. The van der Waals surface area contributed by atoms with Crippen molar-refractivity contribution >= 4 is 17.5 Å². The van der Waals surface area contributed by atoms with Gasteiger partial charge in [-0.15, -0.1) is 0 Å². The Hall–Kier alpha value is -1.99. The molecule has 1 aromatic rings. The van der Waals surface area contributed by atoms with Crippen LogP contribution in [0.2, 0.25) is 0 Å². The Kier molecular flexibility index (Phi) is 3.36. The molecule has 3 atom stereocenters. The molecule has 2 bridgehead atoms. The maximum Gasteiger partial charge on any atom is 0.243 e. The predicted octanol–water partition coefficient (Wildman–Crippen LogP) is 0.497. The lowest BCUT2D eigenvalue weighted by Crippen LogP contribution is -2.50. The second kappa shape index (κ2) is 5.51. The molecule has 25 heavy (non-hydrogen) atoms. The van der Waals surface area contributed by atoms with Gasteiger partial charge in [0.05, 0.1) is 6.04 Å². The Morgan fingerprint density at radius 2 is 2.08 bits per heavy atom. The zero-order valence-electron chi connectivity index (χ0n) is 13.9. The fraction of sp³-hybridized carbons (Fsp3) is 0.556. The molecule has 2 N–H and O–H groups in total. The number of amides is 2. The first-order chi connectivity index (χ1) is 12.1. The van der Waals surface area contributed by atoms with Gasteiger partial charge in [-0.3, -0.25) is 19.8 Å². The van der Waals surface area contributed by atoms with Crippen molar-refractivity contribution in [2.75, 3.05) is 18.0 Å². The van der Waals surface area contributed by atoms with Gasteiger partial charge in [-0.05, 0) is 30.5 Å². The number of piperazine rings is 1. The zero-order valence-corrected chi connectivity index (χ0v) is 13.9. The van der Waals surface area contributed by atoms with Gasteiger partial charge in [0, 0.05) is 55.9 Å². The molecule has 0 aromatic heterocycles. The highest BCUT2D eigenvalue weighted by molar-refractivity contribution is 6.00. The molecule has 0 spiro atoms. The molecular formula is C18H21FN4O2. The summed E-state index contributed by atoms with van der Waals surface area (Å²) in [6.45, 7) is 2.89. The van der Waals surface area contributed by atoms with Crippen LogP contribution in [0.3, 0.4) is 0 Å². The molecule has 5 rings (SSSR count). The number of benzene rings is 1. The standard InChI is InChI=1S/C18H21FN4O2/c19-15-5-12(23-8-11-4-13(23)6-20-11)3-10-7-22(9-14(10)15)16-1-2-17(24)21-18(16)25/h3,5,11,13,16,20H,1-2,4,6-9H2,(H,21,24,25). The van der Waals surface area contributed by atoms with Crippen molar-refractivity contribution in [3.8, 4) is 0 Å². The number of halogens is 1. The number of piperidine rings is 1. The van der Waals surface area contributed by atoms with E-state index in [1.54, 1.807) is 6.07 Å². The summed E-state index contributed by atoms with van der Waals surface area (Å²) in [5.74, 6) is -0.658. The summed E-state index contributed by atoms with van der Waals surface area (Å²) in [4.78, 5) is 27.7. The lowest BCUT2D eigenvalue weighted by Gasteiger charge is -2.30. The van der Waals surface area contributed by atoms with Gasteiger partial charge >= 0.3 is 0 Å². The van der Waals surface area contributed by atoms with Crippen LogP contribution in [0.5, 0.6) is 0 Å². The van der Waals surface area contributed by atoms with E-state index >= 15 is 0 Å². The smallest absolute Gasteiger partial charge is 0.243 e. The second-order valence-electron chi connectivity index (χ2n) is 7.58. The van der Waals surface area contributed by atoms with Crippen LogP contribution in [-0.2, 0) is 22.7 Å². The Balaban J connectivity index is 1.39. The highest BCUT2D eigenvalue weighted by Gasteiger charge is 2.39. The topological polar surface area (TPSA) is 64.7 Å². The van der Waals surface area contributed by atoms with Gasteiger partial charge in [-0.1, -0.05) is 0 Å². The van der Waals surface area contributed by atoms with E-state index in [2.05, 4.69) is 21.6 Å². The number of fused-ring (bicyclic) bond motifs is 3. The molecule has 4 heterocycles. The molecule has 3 unspecified atom stereocenters. The minimum absolute atomic E-state index is 0.182. The summed E-state index contributed by atoms with van der Waals surface area (Å²) in [6.07, 6.45) is 1.98. The van der Waals surface area contributed by atoms with Gasteiger partial charge in [0.15, 0.2) is 0 Å². The van der Waals surface area contributed by atoms with Crippen LogP contribution in [-0.4, -0.2) is 47.9 Å². The van der Waals surface area contributed by atoms with Crippen molar-refractivity contribution in [2.24, 2.45) is 0 Å². The summed E-state index contributed by atoms with van der Waals surface area (Å²) in [6, 6.07) is 4.36. The van der Waals surface area contributed by atoms with Gasteiger partial charge in [-0.2, -0.15) is 0 Å². The molecule has 7 heteroatoms. The number of carbonyl (C=O) groups excluding carboxylic acids is 2. The molecular weight excluding hydrogens is 323 g/mol. The molecule has 132 valence electrons. The lowest BCUT2D eigenvalue weighted by molar-refractivity contribution is -0.137. The van der Waals surface area contributed by atoms with Crippen LogP contribution < -0.4 is 15.5 Å². The molecule has 0 saturated carbocycles. The number of imide groups is 1. The summed E-state index contributed by atoms with van der Waals surface area (Å²) in [7, 11) is 0. The molecule has 6 nitrogen and oxygen atoms in total. The van der Waals surface area contributed by atoms with E-state index in [0.717, 1.165) is 30.8 Å². The van der Waals surface area contributed by atoms with Crippen molar-refractivity contribution in [2.45, 2.75) is 50.5 Å². The first-order valence-corrected chi connectivity index (χ1v) is 8.97. The van der Waals surface area contributed by atoms with Crippen molar-refractivity contribution in [3.63, 3.8) is 0 Å². The highest BCUT2D eigenvalue weighted by Crippen LogP contribution is 2.36. The molecule has 1 aromatic carbocycles. The Bertz CT molecular complexity index is 768. The maximum atomic E-state index is 14.7. The van der Waals surface area contributed by atoms with Crippen molar-refractivity contribution in [1.29, 1.82) is 0 Å². The number of carbonyl (C=O) groups is 2. The SMILES string of the molecule is O=C1CCC(N2Cc3cc(N4CC5CC4CN5)cc(F)c3C2)C(=O)N1. The van der Waals surface area contributed by atoms with Crippen molar-refractivity contribution in [3.05, 3.63) is 29.1 Å². The third kappa shape index (κ3) is 2.45. The Labute approximate surface area is 145 Å². The fourth-order valence-corrected chi connectivity index (χ4v) is 4.77. The number of rotatable bonds is 2. The first kappa shape index (κ1) is 15.3. The fourth-order valence-electron chi connectivity index (χ4n) is 4.77. The van der Waals surface area contributed by atoms with Gasteiger partial charge in [0.2, 0.25) is 11.8 Å². The van der Waals surface area contributed by atoms with Crippen LogP contribution in [0.15, 0.2) is 12.1 Å². The molecule has 2 amide bonds. The van der Waals surface area contributed by atoms with Crippen LogP contribution in [0, 0.1) is 5.82 Å². The van der Waals surface area contributed by atoms with E-state index in [9.17, 15) is 14.0 Å². The Morgan fingerprint density at radius 3 is 2.80 bits per heavy atom. The summed E-state index contributed by atoms with van der Waals surface area (Å²) in [5, 5.41) is 5.86. The largest absolute Gasteiger partial charge is 0.366 e. The van der Waals surface area contributed by atoms with E-state index in [1.807, 2.05) is 4.90 Å². The quantitative estimate of drug-likeness (QED) is 0.765. The van der Waals surface area contributed by atoms with E-state index in [1.165, 1.54) is 0 Å². The van der Waals surface area contributed by atoms with Crippen LogP contribution >= 0.6 is 0 Å². The minimum atomic E-state index is -0.347. The first-order valence-electron chi connectivity index (χ1n) is 8.97. The van der Waals surface area contributed by atoms with Gasteiger partial charge in [0.1, 0.15) is 5.82 Å². The van der Waals surface area contributed by atoms with Gasteiger partial charge in [-0.25, -0.2) is 4.39 Å². The highest BCUT2D eigenvalue weighted by atomic mass is 19.1. The van der Waals surface area contributed by atoms with E-state index in [0.29, 0.717) is 43.6 Å². The van der Waals surface area contributed by atoms with Crippen LogP contribution in [0.1, 0.15) is 30.4 Å². The van der Waals surface area contributed by atoms with E-state index in [4.69, 9.17) is 0 Å². The Morgan fingerprint density at radius 1 is 1.20 bits per heavy atom. The summed E-state index contributed by atoms with van der Waals surface area (Å²) < 4.78 is 14.7.